The molecule has 212 valence electrons. The second kappa shape index (κ2) is 23.3. The number of ether oxygens (including phenoxy) is 2. The van der Waals surface area contributed by atoms with E-state index in [1.54, 1.807) is 0 Å². The Balaban J connectivity index is 2.11. The molecule has 2 atom stereocenters. The number of esters is 2. The Bertz CT molecular complexity index is 672. The summed E-state index contributed by atoms with van der Waals surface area (Å²) in [6.07, 6.45) is 21.3. The summed E-state index contributed by atoms with van der Waals surface area (Å²) in [5.41, 5.74) is 0.645. The van der Waals surface area contributed by atoms with E-state index in [0.717, 1.165) is 44.9 Å². The van der Waals surface area contributed by atoms with Crippen molar-refractivity contribution in [2.24, 2.45) is 5.92 Å². The zero-order valence-corrected chi connectivity index (χ0v) is 24.3. The lowest BCUT2D eigenvalue weighted by Gasteiger charge is -2.18. The highest BCUT2D eigenvalue weighted by Gasteiger charge is 2.15. The summed E-state index contributed by atoms with van der Waals surface area (Å²) in [5, 5.41) is 0. The van der Waals surface area contributed by atoms with E-state index in [2.05, 4.69) is 20.8 Å². The first-order valence-electron chi connectivity index (χ1n) is 15.5. The molecule has 0 aromatic heterocycles. The van der Waals surface area contributed by atoms with Crippen molar-refractivity contribution in [3.05, 3.63) is 35.9 Å². The Labute approximate surface area is 228 Å². The number of rotatable bonds is 24. The van der Waals surface area contributed by atoms with E-state index in [1.807, 2.05) is 30.3 Å². The number of hydrogen-bond donors (Lipinski definition) is 0. The molecular formula is C33H56O4. The van der Waals surface area contributed by atoms with E-state index < -0.39 is 0 Å². The van der Waals surface area contributed by atoms with Gasteiger partial charge in [-0.05, 0) is 56.6 Å². The van der Waals surface area contributed by atoms with Crippen molar-refractivity contribution < 1.29 is 19.1 Å². The van der Waals surface area contributed by atoms with Gasteiger partial charge < -0.3 is 9.47 Å². The molecule has 1 aromatic carbocycles. The van der Waals surface area contributed by atoms with E-state index in [1.165, 1.54) is 70.6 Å². The van der Waals surface area contributed by atoms with Crippen LogP contribution in [-0.2, 0) is 14.3 Å². The van der Waals surface area contributed by atoms with Gasteiger partial charge in [0, 0.05) is 6.42 Å². The minimum absolute atomic E-state index is 0.0211. The standard InChI is InChI=1S/C33H56O4/c1-4-7-9-19-25-31(37-33(35)30-23-17-16-18-24-30)26-20-14-12-10-11-13-15-21-27-32(34)36-28-29(6-3)22-8-5-2/h16-18,23-24,29,31H,4-15,19-22,25-28H2,1-3H3. The summed E-state index contributed by atoms with van der Waals surface area (Å²) in [4.78, 5) is 24.5. The van der Waals surface area contributed by atoms with Crippen molar-refractivity contribution in [2.45, 2.75) is 149 Å². The highest BCUT2D eigenvalue weighted by Crippen LogP contribution is 2.19. The third-order valence-corrected chi connectivity index (χ3v) is 7.34. The third kappa shape index (κ3) is 18.1. The molecule has 4 heteroatoms. The van der Waals surface area contributed by atoms with Crippen LogP contribution >= 0.6 is 0 Å². The SMILES string of the molecule is CCCCCCC(CCCCCCCCCCC(=O)OCC(CC)CCCC)OC(=O)c1ccccc1. The Morgan fingerprint density at radius 2 is 1.24 bits per heavy atom. The fourth-order valence-electron chi connectivity index (χ4n) is 4.74. The average Bonchev–Trinajstić information content (AvgIpc) is 2.92. The maximum Gasteiger partial charge on any atom is 0.338 e. The monoisotopic (exact) mass is 516 g/mol. The lowest BCUT2D eigenvalue weighted by molar-refractivity contribution is -0.145. The van der Waals surface area contributed by atoms with Crippen LogP contribution < -0.4 is 0 Å². The van der Waals surface area contributed by atoms with Crippen molar-refractivity contribution in [2.75, 3.05) is 6.61 Å². The molecule has 0 bridgehead atoms. The van der Waals surface area contributed by atoms with Crippen molar-refractivity contribution in [3.8, 4) is 0 Å². The van der Waals surface area contributed by atoms with Gasteiger partial charge in [-0.1, -0.05) is 116 Å². The Morgan fingerprint density at radius 1 is 0.676 bits per heavy atom. The number of carbonyl (C=O) groups excluding carboxylic acids is 2. The molecule has 0 radical (unpaired) electrons. The van der Waals surface area contributed by atoms with E-state index in [4.69, 9.17) is 9.47 Å². The zero-order valence-electron chi connectivity index (χ0n) is 24.3. The van der Waals surface area contributed by atoms with Gasteiger partial charge in [0.05, 0.1) is 12.2 Å². The molecular weight excluding hydrogens is 460 g/mol. The number of hydrogen-bond acceptors (Lipinski definition) is 4. The van der Waals surface area contributed by atoms with Crippen molar-refractivity contribution in [1.82, 2.24) is 0 Å². The summed E-state index contributed by atoms with van der Waals surface area (Å²) in [5.74, 6) is 0.315. The van der Waals surface area contributed by atoms with Crippen LogP contribution in [0.5, 0.6) is 0 Å². The molecule has 37 heavy (non-hydrogen) atoms. The van der Waals surface area contributed by atoms with Crippen LogP contribution in [-0.4, -0.2) is 24.6 Å². The summed E-state index contributed by atoms with van der Waals surface area (Å²) < 4.78 is 11.4. The average molecular weight is 517 g/mol. The molecule has 0 aliphatic rings. The lowest BCUT2D eigenvalue weighted by Crippen LogP contribution is -2.18. The minimum atomic E-state index is -0.188. The fourth-order valence-corrected chi connectivity index (χ4v) is 4.74. The molecule has 0 amide bonds. The van der Waals surface area contributed by atoms with Gasteiger partial charge in [-0.3, -0.25) is 4.79 Å². The molecule has 0 saturated heterocycles. The fraction of sp³-hybridized carbons (Fsp3) is 0.758. The van der Waals surface area contributed by atoms with Gasteiger partial charge in [0.15, 0.2) is 0 Å². The predicted molar refractivity (Wildman–Crippen MR) is 155 cm³/mol. The normalized spacial score (nSPS) is 12.7. The van der Waals surface area contributed by atoms with Gasteiger partial charge in [-0.2, -0.15) is 0 Å². The van der Waals surface area contributed by atoms with Crippen LogP contribution in [0.2, 0.25) is 0 Å². The van der Waals surface area contributed by atoms with Gasteiger partial charge in [0.25, 0.3) is 0 Å². The molecule has 0 aliphatic carbocycles. The molecule has 0 heterocycles. The van der Waals surface area contributed by atoms with Gasteiger partial charge in [0.1, 0.15) is 6.10 Å². The van der Waals surface area contributed by atoms with Gasteiger partial charge in [-0.15, -0.1) is 0 Å². The van der Waals surface area contributed by atoms with Crippen LogP contribution in [0.25, 0.3) is 0 Å². The van der Waals surface area contributed by atoms with E-state index >= 15 is 0 Å². The largest absolute Gasteiger partial charge is 0.465 e. The van der Waals surface area contributed by atoms with Crippen LogP contribution in [0.15, 0.2) is 30.3 Å². The smallest absolute Gasteiger partial charge is 0.338 e. The van der Waals surface area contributed by atoms with Crippen LogP contribution in [0.1, 0.15) is 153 Å². The lowest BCUT2D eigenvalue weighted by atomic mass is 10.0. The molecule has 4 nitrogen and oxygen atoms in total. The van der Waals surface area contributed by atoms with Crippen LogP contribution in [0, 0.1) is 5.92 Å². The minimum Gasteiger partial charge on any atom is -0.465 e. The highest BCUT2D eigenvalue weighted by molar-refractivity contribution is 5.89. The molecule has 1 aromatic rings. The maximum atomic E-state index is 12.5. The second-order valence-electron chi connectivity index (χ2n) is 10.7. The van der Waals surface area contributed by atoms with Gasteiger partial charge >= 0.3 is 11.9 Å². The Kier molecular flexibility index (Phi) is 20.9. The molecule has 0 aliphatic heterocycles. The predicted octanol–water partition coefficient (Wildman–Crippen LogP) is 9.84. The first-order chi connectivity index (χ1) is 18.1. The number of unbranched alkanes of at least 4 members (excludes halogenated alkanes) is 11. The second-order valence-corrected chi connectivity index (χ2v) is 10.7. The quantitative estimate of drug-likeness (QED) is 0.101. The van der Waals surface area contributed by atoms with Crippen molar-refractivity contribution in [3.63, 3.8) is 0 Å². The first kappa shape index (κ1) is 33.2. The van der Waals surface area contributed by atoms with E-state index in [9.17, 15) is 9.59 Å². The summed E-state index contributed by atoms with van der Waals surface area (Å²) >= 11 is 0. The topological polar surface area (TPSA) is 52.6 Å². The third-order valence-electron chi connectivity index (χ3n) is 7.34. The molecule has 0 fully saturated rings. The van der Waals surface area contributed by atoms with E-state index in [-0.39, 0.29) is 18.0 Å². The summed E-state index contributed by atoms with van der Waals surface area (Å²) in [6.45, 7) is 7.21. The van der Waals surface area contributed by atoms with Crippen molar-refractivity contribution in [1.29, 1.82) is 0 Å². The zero-order chi connectivity index (χ0) is 27.0. The van der Waals surface area contributed by atoms with Crippen LogP contribution in [0.4, 0.5) is 0 Å². The molecule has 2 unspecified atom stereocenters. The van der Waals surface area contributed by atoms with Gasteiger partial charge in [0.2, 0.25) is 0 Å². The number of carbonyl (C=O) groups is 2. The molecule has 0 saturated carbocycles. The summed E-state index contributed by atoms with van der Waals surface area (Å²) in [6, 6.07) is 9.35. The highest BCUT2D eigenvalue weighted by atomic mass is 16.5. The maximum absolute atomic E-state index is 12.5. The number of benzene rings is 1. The Hall–Kier alpha value is -1.84. The molecule has 1 rings (SSSR count). The first-order valence-corrected chi connectivity index (χ1v) is 15.5. The van der Waals surface area contributed by atoms with Crippen molar-refractivity contribution >= 4 is 11.9 Å². The Morgan fingerprint density at radius 3 is 1.84 bits per heavy atom. The van der Waals surface area contributed by atoms with E-state index in [0.29, 0.717) is 24.5 Å². The summed E-state index contributed by atoms with van der Waals surface area (Å²) in [7, 11) is 0. The molecule has 0 N–H and O–H groups in total. The van der Waals surface area contributed by atoms with Crippen LogP contribution in [0.3, 0.4) is 0 Å². The van der Waals surface area contributed by atoms with Gasteiger partial charge in [-0.25, -0.2) is 4.79 Å². The molecule has 0 spiro atoms.